The van der Waals surface area contributed by atoms with Crippen LogP contribution in [0.2, 0.25) is 0 Å². The Balaban J connectivity index is 2.00. The van der Waals surface area contributed by atoms with Crippen molar-refractivity contribution in [3.63, 3.8) is 0 Å². The molecule has 0 saturated carbocycles. The van der Waals surface area contributed by atoms with E-state index in [2.05, 4.69) is 15.2 Å². The maximum atomic E-state index is 5.44. The lowest BCUT2D eigenvalue weighted by atomic mass is 10.1. The van der Waals surface area contributed by atoms with Crippen molar-refractivity contribution in [3.8, 4) is 5.88 Å². The lowest BCUT2D eigenvalue weighted by Gasteiger charge is -2.33. The monoisotopic (exact) mass is 272 g/mol. The first kappa shape index (κ1) is 13.1. The molecular weight excluding hydrogens is 252 g/mol. The maximum absolute atomic E-state index is 5.44. The van der Waals surface area contributed by atoms with Crippen LogP contribution in [0.4, 0.5) is 5.82 Å². The van der Waals surface area contributed by atoms with Crippen LogP contribution < -0.4 is 15.0 Å². The minimum atomic E-state index is 0.502. The van der Waals surface area contributed by atoms with Gasteiger partial charge in [-0.2, -0.15) is 0 Å². The fourth-order valence-corrected chi connectivity index (χ4v) is 2.72. The van der Waals surface area contributed by atoms with Crippen molar-refractivity contribution in [2.45, 2.75) is 18.9 Å². The molecule has 0 amide bonds. The van der Waals surface area contributed by atoms with Gasteiger partial charge < -0.3 is 15.0 Å². The lowest BCUT2D eigenvalue weighted by molar-refractivity contribution is 0.390. The van der Waals surface area contributed by atoms with Crippen LogP contribution in [0.3, 0.4) is 0 Å². The van der Waals surface area contributed by atoms with E-state index in [1.807, 2.05) is 31.3 Å². The van der Waals surface area contributed by atoms with Crippen LogP contribution in [0, 0.1) is 0 Å². The molecule has 1 saturated heterocycles. The van der Waals surface area contributed by atoms with Gasteiger partial charge in [-0.3, -0.25) is 0 Å². The molecule has 1 N–H and O–H groups in total. The fraction of sp³-hybridized carbons (Fsp3) is 0.467. The van der Waals surface area contributed by atoms with Gasteiger partial charge in [-0.05, 0) is 32.0 Å². The molecule has 2 heterocycles. The summed E-state index contributed by atoms with van der Waals surface area (Å²) in [6, 6.07) is 8.40. The molecule has 20 heavy (non-hydrogen) atoms. The van der Waals surface area contributed by atoms with E-state index in [9.17, 15) is 0 Å². The normalized spacial score (nSPS) is 19.3. The highest BCUT2D eigenvalue weighted by atomic mass is 16.5. The Labute approximate surface area is 119 Å². The van der Waals surface area contributed by atoms with Gasteiger partial charge in [0, 0.05) is 19.1 Å². The van der Waals surface area contributed by atoms with E-state index in [0.29, 0.717) is 11.9 Å². The van der Waals surface area contributed by atoms with Crippen LogP contribution in [0.1, 0.15) is 12.8 Å². The summed E-state index contributed by atoms with van der Waals surface area (Å²) in [5.41, 5.74) is 1.78. The minimum Gasteiger partial charge on any atom is -0.478 e. The summed E-state index contributed by atoms with van der Waals surface area (Å²) in [7, 11) is 3.67. The highest BCUT2D eigenvalue weighted by molar-refractivity contribution is 5.77. The summed E-state index contributed by atoms with van der Waals surface area (Å²) in [6.45, 7) is 1.95. The summed E-state index contributed by atoms with van der Waals surface area (Å²) >= 11 is 0. The Morgan fingerprint density at radius 3 is 2.70 bits per heavy atom. The van der Waals surface area contributed by atoms with E-state index >= 15 is 0 Å². The van der Waals surface area contributed by atoms with E-state index in [-0.39, 0.29) is 0 Å². The smallest absolute Gasteiger partial charge is 0.257 e. The third-order valence-corrected chi connectivity index (χ3v) is 3.84. The number of rotatable bonds is 3. The second-order valence-corrected chi connectivity index (χ2v) is 5.12. The predicted molar refractivity (Wildman–Crippen MR) is 80.4 cm³/mol. The summed E-state index contributed by atoms with van der Waals surface area (Å²) in [4.78, 5) is 11.6. The molecule has 0 aliphatic carbocycles. The third-order valence-electron chi connectivity index (χ3n) is 3.84. The van der Waals surface area contributed by atoms with Gasteiger partial charge in [0.2, 0.25) is 0 Å². The van der Waals surface area contributed by atoms with Gasteiger partial charge in [0.05, 0.1) is 18.1 Å². The van der Waals surface area contributed by atoms with Gasteiger partial charge in [0.15, 0.2) is 5.82 Å². The van der Waals surface area contributed by atoms with Gasteiger partial charge in [-0.1, -0.05) is 12.1 Å². The Morgan fingerprint density at radius 2 is 2.00 bits per heavy atom. The summed E-state index contributed by atoms with van der Waals surface area (Å²) in [5.74, 6) is 1.46. The zero-order valence-corrected chi connectivity index (χ0v) is 12.0. The number of benzene rings is 1. The average molecular weight is 272 g/mol. The molecule has 106 valence electrons. The fourth-order valence-electron chi connectivity index (χ4n) is 2.72. The molecule has 0 spiro atoms. The number of methoxy groups -OCH3 is 1. The number of piperidine rings is 1. The van der Waals surface area contributed by atoms with Crippen molar-refractivity contribution in [3.05, 3.63) is 24.3 Å². The van der Waals surface area contributed by atoms with Gasteiger partial charge in [-0.25, -0.2) is 9.97 Å². The first-order valence-corrected chi connectivity index (χ1v) is 7.05. The maximum Gasteiger partial charge on any atom is 0.257 e. The Morgan fingerprint density at radius 1 is 1.25 bits per heavy atom. The quantitative estimate of drug-likeness (QED) is 0.923. The lowest BCUT2D eigenvalue weighted by Crippen LogP contribution is -2.44. The number of nitrogens with one attached hydrogen (secondary N) is 1. The molecule has 5 nitrogen and oxygen atoms in total. The number of hydrogen-bond acceptors (Lipinski definition) is 5. The zero-order valence-electron chi connectivity index (χ0n) is 12.0. The average Bonchev–Trinajstić information content (AvgIpc) is 2.53. The van der Waals surface area contributed by atoms with Crippen molar-refractivity contribution in [1.82, 2.24) is 15.3 Å². The number of hydrogen-bond donors (Lipinski definition) is 1. The molecule has 1 aromatic carbocycles. The molecule has 5 heteroatoms. The van der Waals surface area contributed by atoms with E-state index in [1.165, 1.54) is 6.42 Å². The van der Waals surface area contributed by atoms with Crippen LogP contribution in [0.25, 0.3) is 11.0 Å². The minimum absolute atomic E-state index is 0.502. The number of likely N-dealkylation sites (N-methyl/N-ethyl adjacent to an activating group) is 1. The van der Waals surface area contributed by atoms with Crippen LogP contribution in [0.15, 0.2) is 24.3 Å². The largest absolute Gasteiger partial charge is 0.478 e. The highest BCUT2D eigenvalue weighted by Gasteiger charge is 2.23. The van der Waals surface area contributed by atoms with E-state index in [0.717, 1.165) is 36.4 Å². The van der Waals surface area contributed by atoms with Gasteiger partial charge in [0.25, 0.3) is 5.88 Å². The van der Waals surface area contributed by atoms with E-state index in [4.69, 9.17) is 9.72 Å². The van der Waals surface area contributed by atoms with Crippen LogP contribution in [-0.4, -0.2) is 43.3 Å². The Hall–Kier alpha value is -1.88. The molecule has 3 rings (SSSR count). The van der Waals surface area contributed by atoms with Crippen molar-refractivity contribution in [2.24, 2.45) is 0 Å². The SMILES string of the molecule is CN[C@@H]1CCCN(c2nc3ccccc3nc2OC)C1. The molecule has 1 aliphatic rings. The molecule has 1 aromatic heterocycles. The second-order valence-electron chi connectivity index (χ2n) is 5.12. The molecular formula is C15H20N4O. The van der Waals surface area contributed by atoms with Crippen molar-refractivity contribution in [2.75, 3.05) is 32.1 Å². The van der Waals surface area contributed by atoms with Crippen molar-refractivity contribution >= 4 is 16.9 Å². The Bertz CT molecular complexity index is 601. The molecule has 1 fully saturated rings. The molecule has 1 aliphatic heterocycles. The van der Waals surface area contributed by atoms with Crippen LogP contribution in [0.5, 0.6) is 5.88 Å². The van der Waals surface area contributed by atoms with E-state index in [1.54, 1.807) is 7.11 Å². The van der Waals surface area contributed by atoms with Gasteiger partial charge in [0.1, 0.15) is 0 Å². The number of fused-ring (bicyclic) bond motifs is 1. The van der Waals surface area contributed by atoms with E-state index < -0.39 is 0 Å². The summed E-state index contributed by atoms with van der Waals surface area (Å²) in [6.07, 6.45) is 2.36. The molecule has 2 aromatic rings. The first-order chi connectivity index (χ1) is 9.81. The third kappa shape index (κ3) is 2.41. The zero-order chi connectivity index (χ0) is 13.9. The van der Waals surface area contributed by atoms with Crippen LogP contribution in [-0.2, 0) is 0 Å². The molecule has 0 radical (unpaired) electrons. The van der Waals surface area contributed by atoms with Gasteiger partial charge >= 0.3 is 0 Å². The van der Waals surface area contributed by atoms with Gasteiger partial charge in [-0.15, -0.1) is 0 Å². The molecule has 0 bridgehead atoms. The topological polar surface area (TPSA) is 50.3 Å². The van der Waals surface area contributed by atoms with Crippen LogP contribution >= 0.6 is 0 Å². The van der Waals surface area contributed by atoms with Crippen molar-refractivity contribution in [1.29, 1.82) is 0 Å². The Kier molecular flexibility index (Phi) is 3.69. The van der Waals surface area contributed by atoms with Crippen molar-refractivity contribution < 1.29 is 4.74 Å². The first-order valence-electron chi connectivity index (χ1n) is 7.05. The number of para-hydroxylation sites is 2. The number of nitrogens with zero attached hydrogens (tertiary/aromatic N) is 3. The summed E-state index contributed by atoms with van der Waals surface area (Å²) in [5, 5.41) is 3.35. The number of anilines is 1. The molecule has 0 unspecified atom stereocenters. The summed E-state index contributed by atoms with van der Waals surface area (Å²) < 4.78 is 5.44. The number of aromatic nitrogens is 2. The molecule has 1 atom stereocenters. The second kappa shape index (κ2) is 5.63. The highest BCUT2D eigenvalue weighted by Crippen LogP contribution is 2.28. The standard InChI is InChI=1S/C15H20N4O/c1-16-11-6-5-9-19(10-11)14-15(20-2)18-13-8-4-3-7-12(13)17-14/h3-4,7-8,11,16H,5-6,9-10H2,1-2H3/t11-/m1/s1. The predicted octanol–water partition coefficient (Wildman–Crippen LogP) is 1.83. The number of ether oxygens (including phenoxy) is 1.